The number of carbonyl (C=O) groups excluding carboxylic acids is 1. The molecule has 1 rings (SSSR count). The van der Waals surface area contributed by atoms with Gasteiger partial charge in [0, 0.05) is 12.6 Å². The first-order valence-electron chi connectivity index (χ1n) is 5.51. The van der Waals surface area contributed by atoms with Crippen LogP contribution in [-0.2, 0) is 6.42 Å². The second kappa shape index (κ2) is 6.85. The molecule has 0 saturated carbocycles. The minimum atomic E-state index is -0.331. The maximum absolute atomic E-state index is 12.9. The van der Waals surface area contributed by atoms with Crippen LogP contribution in [0.1, 0.15) is 12.5 Å². The highest BCUT2D eigenvalue weighted by molar-refractivity contribution is 5.74. The van der Waals surface area contributed by atoms with Gasteiger partial charge in [-0.05, 0) is 31.0 Å². The zero-order valence-electron chi connectivity index (χ0n) is 9.74. The van der Waals surface area contributed by atoms with E-state index in [0.717, 1.165) is 5.56 Å². The fraction of sp³-hybridized carbons (Fsp3) is 0.417. The SMILES string of the molecule is CC(Cc1cccc(F)c1)NC(=O)NCCO. The van der Waals surface area contributed by atoms with Crippen molar-refractivity contribution in [1.82, 2.24) is 10.6 Å². The van der Waals surface area contributed by atoms with Gasteiger partial charge in [-0.25, -0.2) is 9.18 Å². The lowest BCUT2D eigenvalue weighted by atomic mass is 10.1. The van der Waals surface area contributed by atoms with Crippen molar-refractivity contribution in [2.45, 2.75) is 19.4 Å². The number of amides is 2. The second-order valence-electron chi connectivity index (χ2n) is 3.86. The lowest BCUT2D eigenvalue weighted by Crippen LogP contribution is -2.42. The van der Waals surface area contributed by atoms with Crippen molar-refractivity contribution in [2.75, 3.05) is 13.2 Å². The second-order valence-corrected chi connectivity index (χ2v) is 3.86. The van der Waals surface area contributed by atoms with E-state index in [1.54, 1.807) is 6.07 Å². The molecule has 0 saturated heterocycles. The summed E-state index contributed by atoms with van der Waals surface area (Å²) in [5, 5.41) is 13.7. The van der Waals surface area contributed by atoms with E-state index in [9.17, 15) is 9.18 Å². The van der Waals surface area contributed by atoms with Gasteiger partial charge in [0.2, 0.25) is 0 Å². The summed E-state index contributed by atoms with van der Waals surface area (Å²) in [5.74, 6) is -0.278. The number of benzene rings is 1. The summed E-state index contributed by atoms with van der Waals surface area (Å²) in [6, 6.07) is 5.86. The van der Waals surface area contributed by atoms with Gasteiger partial charge in [-0.2, -0.15) is 0 Å². The maximum Gasteiger partial charge on any atom is 0.315 e. The van der Waals surface area contributed by atoms with E-state index in [1.807, 2.05) is 13.0 Å². The van der Waals surface area contributed by atoms with Gasteiger partial charge in [-0.15, -0.1) is 0 Å². The molecule has 0 aliphatic carbocycles. The summed E-state index contributed by atoms with van der Waals surface area (Å²) in [6.45, 7) is 1.97. The smallest absolute Gasteiger partial charge is 0.315 e. The summed E-state index contributed by atoms with van der Waals surface area (Å²) in [6.07, 6.45) is 0.560. The topological polar surface area (TPSA) is 61.4 Å². The molecule has 1 aromatic carbocycles. The highest BCUT2D eigenvalue weighted by Gasteiger charge is 2.07. The standard InChI is InChI=1S/C12H17FN2O2/c1-9(15-12(17)14-5-6-16)7-10-3-2-4-11(13)8-10/h2-4,8-9,16H,5-7H2,1H3,(H2,14,15,17). The number of aliphatic hydroxyl groups excluding tert-OH is 1. The van der Waals surface area contributed by atoms with Crippen molar-refractivity contribution in [1.29, 1.82) is 0 Å². The van der Waals surface area contributed by atoms with Crippen molar-refractivity contribution < 1.29 is 14.3 Å². The highest BCUT2D eigenvalue weighted by Crippen LogP contribution is 2.06. The van der Waals surface area contributed by atoms with E-state index in [4.69, 9.17) is 5.11 Å². The lowest BCUT2D eigenvalue weighted by molar-refractivity contribution is 0.231. The fourth-order valence-corrected chi connectivity index (χ4v) is 1.51. The van der Waals surface area contributed by atoms with Crippen LogP contribution in [0.15, 0.2) is 24.3 Å². The zero-order chi connectivity index (χ0) is 12.7. The summed E-state index contributed by atoms with van der Waals surface area (Å²) >= 11 is 0. The Morgan fingerprint density at radius 3 is 2.94 bits per heavy atom. The summed E-state index contributed by atoms with van der Waals surface area (Å²) in [4.78, 5) is 11.3. The quantitative estimate of drug-likeness (QED) is 0.720. The molecule has 0 bridgehead atoms. The first-order valence-corrected chi connectivity index (χ1v) is 5.51. The minimum Gasteiger partial charge on any atom is -0.395 e. The lowest BCUT2D eigenvalue weighted by Gasteiger charge is -2.14. The Bertz CT molecular complexity index is 371. The molecule has 4 nitrogen and oxygen atoms in total. The molecular weight excluding hydrogens is 223 g/mol. The molecule has 0 aromatic heterocycles. The number of hydrogen-bond acceptors (Lipinski definition) is 2. The number of aliphatic hydroxyl groups is 1. The van der Waals surface area contributed by atoms with E-state index in [2.05, 4.69) is 10.6 Å². The van der Waals surface area contributed by atoms with Gasteiger partial charge in [0.15, 0.2) is 0 Å². The van der Waals surface area contributed by atoms with Gasteiger partial charge >= 0.3 is 6.03 Å². The highest BCUT2D eigenvalue weighted by atomic mass is 19.1. The van der Waals surface area contributed by atoms with Gasteiger partial charge < -0.3 is 15.7 Å². The third-order valence-electron chi connectivity index (χ3n) is 2.21. The summed E-state index contributed by atoms with van der Waals surface area (Å²) in [7, 11) is 0. The van der Waals surface area contributed by atoms with Gasteiger partial charge in [-0.3, -0.25) is 0 Å². The molecule has 1 aromatic rings. The minimum absolute atomic E-state index is 0.0916. The molecule has 3 N–H and O–H groups in total. The van der Waals surface area contributed by atoms with E-state index in [-0.39, 0.29) is 31.0 Å². The van der Waals surface area contributed by atoms with Crippen LogP contribution < -0.4 is 10.6 Å². The van der Waals surface area contributed by atoms with Crippen LogP contribution in [0.4, 0.5) is 9.18 Å². The van der Waals surface area contributed by atoms with Gasteiger partial charge in [0.1, 0.15) is 5.82 Å². The van der Waals surface area contributed by atoms with E-state index in [0.29, 0.717) is 6.42 Å². The van der Waals surface area contributed by atoms with E-state index >= 15 is 0 Å². The van der Waals surface area contributed by atoms with Crippen LogP contribution in [0, 0.1) is 5.82 Å². The fourth-order valence-electron chi connectivity index (χ4n) is 1.51. The first-order chi connectivity index (χ1) is 8.11. The van der Waals surface area contributed by atoms with E-state index < -0.39 is 0 Å². The van der Waals surface area contributed by atoms with Crippen LogP contribution in [0.5, 0.6) is 0 Å². The number of halogens is 1. The van der Waals surface area contributed by atoms with Crippen LogP contribution >= 0.6 is 0 Å². The molecule has 0 spiro atoms. The van der Waals surface area contributed by atoms with Crippen LogP contribution in [0.25, 0.3) is 0 Å². The molecule has 1 atom stereocenters. The zero-order valence-corrected chi connectivity index (χ0v) is 9.74. The van der Waals surface area contributed by atoms with Crippen molar-refractivity contribution in [2.24, 2.45) is 0 Å². The number of urea groups is 1. The van der Waals surface area contributed by atoms with E-state index in [1.165, 1.54) is 12.1 Å². The molecule has 5 heteroatoms. The molecule has 94 valence electrons. The molecule has 2 amide bonds. The Balaban J connectivity index is 2.39. The van der Waals surface area contributed by atoms with Crippen LogP contribution in [-0.4, -0.2) is 30.3 Å². The van der Waals surface area contributed by atoms with Crippen LogP contribution in [0.2, 0.25) is 0 Å². The Kier molecular flexibility index (Phi) is 5.42. The molecule has 0 aliphatic heterocycles. The largest absolute Gasteiger partial charge is 0.395 e. The monoisotopic (exact) mass is 240 g/mol. The van der Waals surface area contributed by atoms with Crippen LogP contribution in [0.3, 0.4) is 0 Å². The number of rotatable bonds is 5. The normalized spacial score (nSPS) is 11.9. The molecule has 0 heterocycles. The third kappa shape index (κ3) is 5.31. The van der Waals surface area contributed by atoms with Gasteiger partial charge in [0.05, 0.1) is 6.61 Å². The maximum atomic E-state index is 12.9. The molecule has 17 heavy (non-hydrogen) atoms. The summed E-state index contributed by atoms with van der Waals surface area (Å²) in [5.41, 5.74) is 0.833. The average Bonchev–Trinajstić information content (AvgIpc) is 2.26. The Labute approximate surface area is 99.8 Å². The molecule has 0 fully saturated rings. The molecule has 0 aliphatic rings. The van der Waals surface area contributed by atoms with Crippen molar-refractivity contribution >= 4 is 6.03 Å². The Hall–Kier alpha value is -1.62. The Morgan fingerprint density at radius 1 is 1.53 bits per heavy atom. The first kappa shape index (κ1) is 13.4. The predicted molar refractivity (Wildman–Crippen MR) is 63.2 cm³/mol. The molecule has 0 radical (unpaired) electrons. The van der Waals surface area contributed by atoms with Crippen molar-refractivity contribution in [3.63, 3.8) is 0 Å². The van der Waals surface area contributed by atoms with Gasteiger partial charge in [-0.1, -0.05) is 12.1 Å². The summed E-state index contributed by atoms with van der Waals surface area (Å²) < 4.78 is 12.9. The number of carbonyl (C=O) groups is 1. The Morgan fingerprint density at radius 2 is 2.29 bits per heavy atom. The average molecular weight is 240 g/mol. The van der Waals surface area contributed by atoms with Crippen molar-refractivity contribution in [3.05, 3.63) is 35.6 Å². The van der Waals surface area contributed by atoms with Gasteiger partial charge in [0.25, 0.3) is 0 Å². The number of nitrogens with one attached hydrogen (secondary N) is 2. The third-order valence-corrected chi connectivity index (χ3v) is 2.21. The molecular formula is C12H17FN2O2. The molecule has 1 unspecified atom stereocenters. The predicted octanol–water partition coefficient (Wildman–Crippen LogP) is 1.05. The van der Waals surface area contributed by atoms with Crippen molar-refractivity contribution in [3.8, 4) is 0 Å². The number of hydrogen-bond donors (Lipinski definition) is 3.